The molecule has 1 aliphatic heterocycles. The summed E-state index contributed by atoms with van der Waals surface area (Å²) in [5.74, 6) is 1.35. The van der Waals surface area contributed by atoms with E-state index < -0.39 is 0 Å². The molecule has 0 fully saturated rings. The van der Waals surface area contributed by atoms with Crippen LogP contribution in [0.4, 0.5) is 0 Å². The molecule has 2 aromatic rings. The summed E-state index contributed by atoms with van der Waals surface area (Å²) in [7, 11) is 0. The number of ether oxygens (including phenoxy) is 2. The fourth-order valence-corrected chi connectivity index (χ4v) is 2.58. The Balaban J connectivity index is 1.71. The van der Waals surface area contributed by atoms with E-state index in [1.165, 1.54) is 0 Å². The summed E-state index contributed by atoms with van der Waals surface area (Å²) in [6.45, 7) is 0.647. The lowest BCUT2D eigenvalue weighted by atomic mass is 10.1. The van der Waals surface area contributed by atoms with Crippen molar-refractivity contribution in [3.05, 3.63) is 57.2 Å². The van der Waals surface area contributed by atoms with Gasteiger partial charge in [-0.1, -0.05) is 18.2 Å². The lowest BCUT2D eigenvalue weighted by Gasteiger charge is -2.08. The van der Waals surface area contributed by atoms with Crippen LogP contribution < -0.4 is 14.8 Å². The van der Waals surface area contributed by atoms with Gasteiger partial charge in [0.25, 0.3) is 5.91 Å². The Morgan fingerprint density at radius 3 is 2.90 bits per heavy atom. The van der Waals surface area contributed by atoms with Crippen LogP contribution in [0, 0.1) is 3.57 Å². The molecular weight excluding hydrogens is 369 g/mol. The largest absolute Gasteiger partial charge is 0.454 e. The Morgan fingerprint density at radius 1 is 1.20 bits per heavy atom. The molecule has 20 heavy (non-hydrogen) atoms. The third kappa shape index (κ3) is 2.72. The van der Waals surface area contributed by atoms with E-state index in [2.05, 4.69) is 27.9 Å². The molecule has 3 rings (SSSR count). The number of nitrogens with one attached hydrogen (secondary N) is 1. The van der Waals surface area contributed by atoms with Crippen molar-refractivity contribution in [2.24, 2.45) is 0 Å². The van der Waals surface area contributed by atoms with Gasteiger partial charge in [-0.25, -0.2) is 0 Å². The van der Waals surface area contributed by atoms with Crippen molar-refractivity contribution in [3.63, 3.8) is 0 Å². The van der Waals surface area contributed by atoms with Gasteiger partial charge in [0.1, 0.15) is 0 Å². The van der Waals surface area contributed by atoms with Crippen molar-refractivity contribution in [2.75, 3.05) is 6.79 Å². The first-order chi connectivity index (χ1) is 9.74. The summed E-state index contributed by atoms with van der Waals surface area (Å²) < 4.78 is 11.8. The van der Waals surface area contributed by atoms with Gasteiger partial charge in [0.05, 0.1) is 0 Å². The summed E-state index contributed by atoms with van der Waals surface area (Å²) in [6.07, 6.45) is 0. The number of benzene rings is 2. The van der Waals surface area contributed by atoms with Gasteiger partial charge in [-0.3, -0.25) is 4.79 Å². The fourth-order valence-electron chi connectivity index (χ4n) is 2.04. The minimum atomic E-state index is -0.0972. The molecule has 2 aromatic carbocycles. The Hall–Kier alpha value is -1.76. The van der Waals surface area contributed by atoms with Gasteiger partial charge < -0.3 is 14.8 Å². The number of carbonyl (C=O) groups is 1. The van der Waals surface area contributed by atoms with E-state index in [0.29, 0.717) is 12.1 Å². The van der Waals surface area contributed by atoms with Crippen molar-refractivity contribution in [1.82, 2.24) is 5.32 Å². The highest BCUT2D eigenvalue weighted by molar-refractivity contribution is 14.1. The molecule has 1 N–H and O–H groups in total. The first kappa shape index (κ1) is 13.2. The third-order valence-corrected chi connectivity index (χ3v) is 3.68. The van der Waals surface area contributed by atoms with E-state index in [9.17, 15) is 4.79 Å². The predicted octanol–water partition coefficient (Wildman–Crippen LogP) is 2.95. The molecule has 1 aliphatic rings. The lowest BCUT2D eigenvalue weighted by molar-refractivity contribution is 0.0950. The summed E-state index contributed by atoms with van der Waals surface area (Å²) in [5, 5.41) is 2.89. The molecular formula is C15H12INO3. The van der Waals surface area contributed by atoms with E-state index in [-0.39, 0.29) is 12.7 Å². The molecule has 4 nitrogen and oxygen atoms in total. The molecule has 5 heteroatoms. The maximum atomic E-state index is 12.1. The van der Waals surface area contributed by atoms with Crippen LogP contribution in [0.15, 0.2) is 42.5 Å². The zero-order valence-corrected chi connectivity index (χ0v) is 12.7. The lowest BCUT2D eigenvalue weighted by Crippen LogP contribution is -2.23. The molecule has 0 radical (unpaired) electrons. The first-order valence-electron chi connectivity index (χ1n) is 6.15. The SMILES string of the molecule is O=C(NCc1cccc2c1OCO2)c1cccc(I)c1. The smallest absolute Gasteiger partial charge is 0.251 e. The van der Waals surface area contributed by atoms with Crippen LogP contribution >= 0.6 is 22.6 Å². The highest BCUT2D eigenvalue weighted by Crippen LogP contribution is 2.35. The van der Waals surface area contributed by atoms with Crippen molar-refractivity contribution in [2.45, 2.75) is 6.54 Å². The molecule has 0 saturated heterocycles. The summed E-state index contributed by atoms with van der Waals surface area (Å²) in [4.78, 5) is 12.1. The molecule has 1 heterocycles. The molecule has 0 saturated carbocycles. The van der Waals surface area contributed by atoms with Gasteiger partial charge in [0.15, 0.2) is 11.5 Å². The summed E-state index contributed by atoms with van der Waals surface area (Å²) >= 11 is 2.19. The second-order valence-electron chi connectivity index (χ2n) is 4.34. The topological polar surface area (TPSA) is 47.6 Å². The van der Waals surface area contributed by atoms with Crippen molar-refractivity contribution >= 4 is 28.5 Å². The van der Waals surface area contributed by atoms with Gasteiger partial charge in [-0.05, 0) is 46.9 Å². The quantitative estimate of drug-likeness (QED) is 0.832. The average molecular weight is 381 g/mol. The Kier molecular flexibility index (Phi) is 3.77. The number of hydrogen-bond acceptors (Lipinski definition) is 3. The molecule has 0 aromatic heterocycles. The number of carbonyl (C=O) groups excluding carboxylic acids is 1. The second-order valence-corrected chi connectivity index (χ2v) is 5.59. The van der Waals surface area contributed by atoms with Gasteiger partial charge in [0, 0.05) is 21.2 Å². The molecule has 102 valence electrons. The first-order valence-corrected chi connectivity index (χ1v) is 7.23. The Morgan fingerprint density at radius 2 is 2.05 bits per heavy atom. The van der Waals surface area contributed by atoms with Crippen LogP contribution in [0.5, 0.6) is 11.5 Å². The molecule has 0 aliphatic carbocycles. The Labute approximate surface area is 130 Å². The standard InChI is InChI=1S/C15H12INO3/c16-12-5-1-3-10(7-12)15(18)17-8-11-4-2-6-13-14(11)20-9-19-13/h1-7H,8-9H2,(H,17,18). The predicted molar refractivity (Wildman–Crippen MR) is 82.9 cm³/mol. The maximum absolute atomic E-state index is 12.1. The molecule has 0 unspecified atom stereocenters. The van der Waals surface area contributed by atoms with E-state index in [0.717, 1.165) is 20.6 Å². The maximum Gasteiger partial charge on any atom is 0.251 e. The monoisotopic (exact) mass is 381 g/mol. The van der Waals surface area contributed by atoms with Crippen LogP contribution in [0.2, 0.25) is 0 Å². The summed E-state index contributed by atoms with van der Waals surface area (Å²) in [6, 6.07) is 13.1. The van der Waals surface area contributed by atoms with Crippen LogP contribution in [0.25, 0.3) is 0 Å². The minimum absolute atomic E-state index is 0.0972. The van der Waals surface area contributed by atoms with E-state index in [1.54, 1.807) is 6.07 Å². The van der Waals surface area contributed by atoms with E-state index >= 15 is 0 Å². The van der Waals surface area contributed by atoms with Crippen molar-refractivity contribution in [1.29, 1.82) is 0 Å². The zero-order valence-electron chi connectivity index (χ0n) is 10.6. The Bertz CT molecular complexity index is 657. The van der Waals surface area contributed by atoms with Crippen molar-refractivity contribution in [3.8, 4) is 11.5 Å². The van der Waals surface area contributed by atoms with Gasteiger partial charge in [0.2, 0.25) is 6.79 Å². The highest BCUT2D eigenvalue weighted by atomic mass is 127. The van der Waals surface area contributed by atoms with Gasteiger partial charge >= 0.3 is 0 Å². The van der Waals surface area contributed by atoms with Crippen LogP contribution in [-0.4, -0.2) is 12.7 Å². The highest BCUT2D eigenvalue weighted by Gasteiger charge is 2.17. The normalized spacial score (nSPS) is 12.2. The van der Waals surface area contributed by atoms with Crippen LogP contribution in [0.3, 0.4) is 0 Å². The number of para-hydroxylation sites is 1. The van der Waals surface area contributed by atoms with Gasteiger partial charge in [-0.15, -0.1) is 0 Å². The zero-order chi connectivity index (χ0) is 13.9. The number of amides is 1. The molecule has 0 bridgehead atoms. The molecule has 0 spiro atoms. The number of rotatable bonds is 3. The number of halogens is 1. The molecule has 0 atom stereocenters. The molecule has 1 amide bonds. The van der Waals surface area contributed by atoms with Crippen LogP contribution in [0.1, 0.15) is 15.9 Å². The van der Waals surface area contributed by atoms with Crippen LogP contribution in [-0.2, 0) is 6.54 Å². The van der Waals surface area contributed by atoms with Gasteiger partial charge in [-0.2, -0.15) is 0 Å². The summed E-state index contributed by atoms with van der Waals surface area (Å²) in [5.41, 5.74) is 1.57. The number of hydrogen-bond donors (Lipinski definition) is 1. The average Bonchev–Trinajstić information content (AvgIpc) is 2.93. The van der Waals surface area contributed by atoms with E-state index in [1.807, 2.05) is 36.4 Å². The third-order valence-electron chi connectivity index (χ3n) is 3.00. The fraction of sp³-hybridized carbons (Fsp3) is 0.133. The number of fused-ring (bicyclic) bond motifs is 1. The van der Waals surface area contributed by atoms with E-state index in [4.69, 9.17) is 9.47 Å². The second kappa shape index (κ2) is 5.70. The van der Waals surface area contributed by atoms with Crippen molar-refractivity contribution < 1.29 is 14.3 Å². The minimum Gasteiger partial charge on any atom is -0.454 e.